The largest absolute Gasteiger partial charge is 0.393 e. The van der Waals surface area contributed by atoms with Crippen molar-refractivity contribution >= 4 is 11.8 Å². The predicted octanol–water partition coefficient (Wildman–Crippen LogP) is 4.80. The van der Waals surface area contributed by atoms with Gasteiger partial charge in [-0.3, -0.25) is 0 Å². The van der Waals surface area contributed by atoms with Gasteiger partial charge in [0.05, 0.1) is 6.10 Å². The second-order valence-electron chi connectivity index (χ2n) is 9.43. The Balaban J connectivity index is 1.51. The molecule has 0 aromatic carbocycles. The summed E-state index contributed by atoms with van der Waals surface area (Å²) in [5.41, 5.74) is 2.66. The van der Waals surface area contributed by atoms with Crippen molar-refractivity contribution in [3.63, 3.8) is 0 Å². The van der Waals surface area contributed by atoms with Gasteiger partial charge in [0.1, 0.15) is 0 Å². The van der Waals surface area contributed by atoms with Crippen molar-refractivity contribution in [2.45, 2.75) is 76.1 Å². The normalized spacial score (nSPS) is 59.5. The second kappa shape index (κ2) is 4.36. The highest BCUT2D eigenvalue weighted by Gasteiger charge is 2.68. The molecule has 2 heteroatoms. The minimum Gasteiger partial charge on any atom is -0.393 e. The number of hydrogen-bond donors (Lipinski definition) is 1. The van der Waals surface area contributed by atoms with E-state index in [-0.39, 0.29) is 6.10 Å². The van der Waals surface area contributed by atoms with Gasteiger partial charge < -0.3 is 5.11 Å². The van der Waals surface area contributed by atoms with E-state index in [1.54, 1.807) is 5.57 Å². The Bertz CT molecular complexity index is 536. The van der Waals surface area contributed by atoms with Crippen molar-refractivity contribution in [1.82, 2.24) is 0 Å². The van der Waals surface area contributed by atoms with Gasteiger partial charge in [-0.25, -0.2) is 0 Å². The van der Waals surface area contributed by atoms with Crippen LogP contribution < -0.4 is 0 Å². The minimum absolute atomic E-state index is 0.0673. The number of aliphatic hydroxyl groups is 1. The maximum atomic E-state index is 10.1. The van der Waals surface area contributed by atoms with Crippen LogP contribution >= 0.6 is 11.8 Å². The molecule has 1 nitrogen and oxygen atoms in total. The van der Waals surface area contributed by atoms with Gasteiger partial charge in [0.15, 0.2) is 0 Å². The average molecular weight is 319 g/mol. The highest BCUT2D eigenvalue weighted by Crippen LogP contribution is 2.74. The maximum Gasteiger partial charge on any atom is 0.0577 e. The van der Waals surface area contributed by atoms with Gasteiger partial charge >= 0.3 is 0 Å². The lowest BCUT2D eigenvalue weighted by atomic mass is 9.47. The minimum atomic E-state index is -0.0673. The molecule has 4 aliphatic carbocycles. The van der Waals surface area contributed by atoms with Crippen molar-refractivity contribution in [1.29, 1.82) is 0 Å². The van der Waals surface area contributed by atoms with Crippen LogP contribution in [0.4, 0.5) is 0 Å². The molecule has 4 fully saturated rings. The molecular formula is C20H30OS. The summed E-state index contributed by atoms with van der Waals surface area (Å²) in [7, 11) is 0. The first kappa shape index (κ1) is 14.4. The summed E-state index contributed by atoms with van der Waals surface area (Å²) in [6.45, 7) is 5.19. The molecule has 0 radical (unpaired) electrons. The predicted molar refractivity (Wildman–Crippen MR) is 92.9 cm³/mol. The molecule has 0 aromatic heterocycles. The van der Waals surface area contributed by atoms with E-state index < -0.39 is 0 Å². The Morgan fingerprint density at radius 1 is 1.09 bits per heavy atom. The zero-order valence-corrected chi connectivity index (χ0v) is 14.9. The van der Waals surface area contributed by atoms with Crippen LogP contribution in [0.15, 0.2) is 11.6 Å². The molecule has 7 atom stereocenters. The van der Waals surface area contributed by atoms with Crippen LogP contribution in [0.2, 0.25) is 0 Å². The van der Waals surface area contributed by atoms with Gasteiger partial charge in [0.25, 0.3) is 0 Å². The number of allylic oxidation sites excluding steroid dienone is 1. The average Bonchev–Trinajstić information content (AvgIpc) is 3.22. The highest BCUT2D eigenvalue weighted by atomic mass is 32.2. The van der Waals surface area contributed by atoms with Crippen molar-refractivity contribution in [3.8, 4) is 0 Å². The van der Waals surface area contributed by atoms with Crippen molar-refractivity contribution in [2.24, 2.45) is 28.6 Å². The van der Waals surface area contributed by atoms with E-state index in [2.05, 4.69) is 31.7 Å². The summed E-state index contributed by atoms with van der Waals surface area (Å²) in [6.07, 6.45) is 12.9. The summed E-state index contributed by atoms with van der Waals surface area (Å²) < 4.78 is 0.691. The third-order valence-electron chi connectivity index (χ3n) is 8.86. The molecule has 5 rings (SSSR count). The Morgan fingerprint density at radius 3 is 2.64 bits per heavy atom. The van der Waals surface area contributed by atoms with Crippen LogP contribution in [0.5, 0.6) is 0 Å². The van der Waals surface area contributed by atoms with E-state index in [9.17, 15) is 5.11 Å². The first-order valence-electron chi connectivity index (χ1n) is 9.50. The maximum absolute atomic E-state index is 10.1. The topological polar surface area (TPSA) is 20.2 Å². The van der Waals surface area contributed by atoms with Crippen LogP contribution in [-0.4, -0.2) is 21.7 Å². The van der Waals surface area contributed by atoms with E-state index >= 15 is 0 Å². The molecule has 0 amide bonds. The summed E-state index contributed by atoms with van der Waals surface area (Å²) >= 11 is 2.28. The molecule has 122 valence electrons. The molecule has 0 unspecified atom stereocenters. The quantitative estimate of drug-likeness (QED) is 0.511. The number of rotatable bonds is 0. The van der Waals surface area contributed by atoms with Crippen LogP contribution in [0.1, 0.15) is 65.2 Å². The fraction of sp³-hybridized carbons (Fsp3) is 0.900. The number of thioether (sulfide) groups is 1. The standard InChI is InChI=1S/C20H30OS/c1-18-8-5-14(21)11-13(18)3-4-15-16(18)6-9-19(2)17(15)7-10-20(19)12-22-20/h3,14-17,21H,4-12H2,1-2H3/t14-,15-,16-,17+,18-,19-,20-/m0/s1. The van der Waals surface area contributed by atoms with Crippen molar-refractivity contribution in [3.05, 3.63) is 11.6 Å². The van der Waals surface area contributed by atoms with Gasteiger partial charge in [-0.15, -0.1) is 0 Å². The van der Waals surface area contributed by atoms with E-state index in [0.29, 0.717) is 15.6 Å². The lowest BCUT2D eigenvalue weighted by Crippen LogP contribution is -2.51. The summed E-state index contributed by atoms with van der Waals surface area (Å²) in [5.74, 6) is 4.25. The van der Waals surface area contributed by atoms with Gasteiger partial charge in [0.2, 0.25) is 0 Å². The molecule has 5 aliphatic rings. The summed E-state index contributed by atoms with van der Waals surface area (Å²) in [6, 6.07) is 0. The Kier molecular flexibility index (Phi) is 2.85. The second-order valence-corrected chi connectivity index (χ2v) is 10.8. The van der Waals surface area contributed by atoms with Crippen LogP contribution in [-0.2, 0) is 0 Å². The van der Waals surface area contributed by atoms with Crippen molar-refractivity contribution in [2.75, 3.05) is 5.75 Å². The zero-order valence-electron chi connectivity index (χ0n) is 14.1. The monoisotopic (exact) mass is 318 g/mol. The highest BCUT2D eigenvalue weighted by molar-refractivity contribution is 8.08. The Hall–Kier alpha value is 0.0500. The lowest BCUT2D eigenvalue weighted by Gasteiger charge is -2.58. The number of fused-ring (bicyclic) bond motifs is 6. The molecule has 1 spiro atoms. The Morgan fingerprint density at radius 2 is 1.86 bits per heavy atom. The van der Waals surface area contributed by atoms with Crippen LogP contribution in [0.3, 0.4) is 0 Å². The molecule has 0 bridgehead atoms. The first-order chi connectivity index (χ1) is 10.5. The van der Waals surface area contributed by atoms with Crippen molar-refractivity contribution < 1.29 is 5.11 Å². The van der Waals surface area contributed by atoms with Gasteiger partial charge in [-0.1, -0.05) is 25.5 Å². The van der Waals surface area contributed by atoms with Gasteiger partial charge in [-0.2, -0.15) is 11.8 Å². The third-order valence-corrected chi connectivity index (χ3v) is 10.5. The van der Waals surface area contributed by atoms with E-state index in [4.69, 9.17) is 0 Å². The van der Waals surface area contributed by atoms with Crippen LogP contribution in [0.25, 0.3) is 0 Å². The molecule has 1 aliphatic heterocycles. The van der Waals surface area contributed by atoms with Crippen LogP contribution in [0, 0.1) is 28.6 Å². The molecule has 1 saturated heterocycles. The third kappa shape index (κ3) is 1.62. The molecule has 3 saturated carbocycles. The molecule has 1 heterocycles. The number of hydrogen-bond acceptors (Lipinski definition) is 2. The zero-order chi connectivity index (χ0) is 15.2. The van der Waals surface area contributed by atoms with E-state index in [1.807, 2.05) is 0 Å². The molecule has 0 aromatic rings. The van der Waals surface area contributed by atoms with E-state index in [0.717, 1.165) is 30.6 Å². The fourth-order valence-electron chi connectivity index (χ4n) is 7.30. The molecular weight excluding hydrogens is 288 g/mol. The Labute approximate surface area is 139 Å². The molecule has 22 heavy (non-hydrogen) atoms. The summed E-state index contributed by atoms with van der Waals surface area (Å²) in [5, 5.41) is 10.1. The molecule has 1 N–H and O–H groups in total. The fourth-order valence-corrected chi connectivity index (χ4v) is 8.79. The first-order valence-corrected chi connectivity index (χ1v) is 10.5. The van der Waals surface area contributed by atoms with Gasteiger partial charge in [0, 0.05) is 10.5 Å². The number of aliphatic hydroxyl groups excluding tert-OH is 1. The summed E-state index contributed by atoms with van der Waals surface area (Å²) in [4.78, 5) is 0. The smallest absolute Gasteiger partial charge is 0.0577 e. The SMILES string of the molecule is C[C@]12CC[C@H](O)CC1=CC[C@@H]1[C@H]3CC[C@]4(CS4)[C@@]3(C)CC[C@@H]12. The van der Waals surface area contributed by atoms with E-state index in [1.165, 1.54) is 44.3 Å². The van der Waals surface area contributed by atoms with Gasteiger partial charge in [-0.05, 0) is 80.0 Å². The lowest BCUT2D eigenvalue weighted by molar-refractivity contribution is -0.0397.